The highest BCUT2D eigenvalue weighted by Gasteiger charge is 2.41. The molecule has 3 heteroatoms. The first kappa shape index (κ1) is 14.2. The Morgan fingerprint density at radius 2 is 2.05 bits per heavy atom. The van der Waals surface area contributed by atoms with Crippen LogP contribution in [0, 0.1) is 5.92 Å². The van der Waals surface area contributed by atoms with Gasteiger partial charge in [0.15, 0.2) is 5.78 Å². The quantitative estimate of drug-likeness (QED) is 0.763. The summed E-state index contributed by atoms with van der Waals surface area (Å²) in [6, 6.07) is 9.51. The second kappa shape index (κ2) is 5.85. The number of hydrogen-bond donors (Lipinski definition) is 0. The number of carbonyl (C=O) groups is 1. The zero-order valence-corrected chi connectivity index (χ0v) is 12.1. The maximum Gasteiger partial charge on any atom is 0.176 e. The average molecular weight is 261 g/mol. The van der Waals surface area contributed by atoms with E-state index >= 15 is 0 Å². The Balaban J connectivity index is 1.97. The number of ketones is 1. The summed E-state index contributed by atoms with van der Waals surface area (Å²) in [5.41, 5.74) is 0.707. The van der Waals surface area contributed by atoms with E-state index in [9.17, 15) is 4.79 Å². The van der Waals surface area contributed by atoms with Gasteiger partial charge in [0.2, 0.25) is 0 Å². The van der Waals surface area contributed by atoms with E-state index in [1.807, 2.05) is 30.3 Å². The Morgan fingerprint density at radius 3 is 2.58 bits per heavy atom. The van der Waals surface area contributed by atoms with Crippen LogP contribution in [0.1, 0.15) is 30.6 Å². The molecular formula is C16H23NO2. The molecule has 1 aromatic rings. The molecule has 1 aromatic carbocycles. The van der Waals surface area contributed by atoms with Crippen molar-refractivity contribution in [2.45, 2.75) is 25.9 Å². The summed E-state index contributed by atoms with van der Waals surface area (Å²) < 4.78 is 5.72. The number of rotatable bonds is 5. The van der Waals surface area contributed by atoms with Gasteiger partial charge in [-0.3, -0.25) is 9.69 Å². The first-order valence-corrected chi connectivity index (χ1v) is 6.93. The van der Waals surface area contributed by atoms with Gasteiger partial charge < -0.3 is 4.74 Å². The summed E-state index contributed by atoms with van der Waals surface area (Å²) in [6.07, 6.45) is 1.00. The van der Waals surface area contributed by atoms with E-state index in [1.54, 1.807) is 7.11 Å². The van der Waals surface area contributed by atoms with Gasteiger partial charge in [0, 0.05) is 25.8 Å². The molecule has 0 bridgehead atoms. The molecule has 0 radical (unpaired) electrons. The van der Waals surface area contributed by atoms with Crippen molar-refractivity contribution in [2.75, 3.05) is 26.7 Å². The Labute approximate surface area is 115 Å². The van der Waals surface area contributed by atoms with Crippen LogP contribution < -0.4 is 0 Å². The normalized spacial score (nSPS) is 24.0. The van der Waals surface area contributed by atoms with Crippen molar-refractivity contribution in [3.05, 3.63) is 35.9 Å². The highest BCUT2D eigenvalue weighted by Crippen LogP contribution is 2.32. The van der Waals surface area contributed by atoms with Gasteiger partial charge in [-0.05, 0) is 12.3 Å². The van der Waals surface area contributed by atoms with Gasteiger partial charge in [0.25, 0.3) is 0 Å². The van der Waals surface area contributed by atoms with E-state index in [4.69, 9.17) is 4.74 Å². The van der Waals surface area contributed by atoms with Gasteiger partial charge in [-0.2, -0.15) is 0 Å². The first-order valence-electron chi connectivity index (χ1n) is 6.93. The van der Waals surface area contributed by atoms with Crippen molar-refractivity contribution in [1.29, 1.82) is 0 Å². The van der Waals surface area contributed by atoms with Gasteiger partial charge in [-0.25, -0.2) is 0 Å². The van der Waals surface area contributed by atoms with Gasteiger partial charge in [0.1, 0.15) is 0 Å². The number of benzene rings is 1. The molecule has 0 N–H and O–H groups in total. The van der Waals surface area contributed by atoms with E-state index in [1.165, 1.54) is 0 Å². The molecule has 1 unspecified atom stereocenters. The Kier molecular flexibility index (Phi) is 4.38. The number of Topliss-reactive ketones (excluding diaryl/α,β-unsaturated/α-hetero) is 1. The number of nitrogens with zero attached hydrogens (tertiary/aromatic N) is 1. The summed E-state index contributed by atoms with van der Waals surface area (Å²) in [6.45, 7) is 6.64. The van der Waals surface area contributed by atoms with Crippen LogP contribution >= 0.6 is 0 Å². The molecule has 1 saturated heterocycles. The molecular weight excluding hydrogens is 238 g/mol. The van der Waals surface area contributed by atoms with Crippen molar-refractivity contribution >= 4 is 5.78 Å². The summed E-state index contributed by atoms with van der Waals surface area (Å²) in [4.78, 5) is 14.4. The van der Waals surface area contributed by atoms with Crippen molar-refractivity contribution in [1.82, 2.24) is 4.90 Å². The number of likely N-dealkylation sites (tertiary alicyclic amines) is 1. The molecule has 1 aliphatic heterocycles. The minimum absolute atomic E-state index is 0.0863. The molecule has 0 saturated carbocycles. The summed E-state index contributed by atoms with van der Waals surface area (Å²) >= 11 is 0. The third kappa shape index (κ3) is 3.04. The third-order valence-corrected chi connectivity index (χ3v) is 4.26. The zero-order valence-electron chi connectivity index (χ0n) is 12.1. The Morgan fingerprint density at radius 1 is 1.37 bits per heavy atom. The lowest BCUT2D eigenvalue weighted by molar-refractivity contribution is -0.0378. The highest BCUT2D eigenvalue weighted by molar-refractivity contribution is 5.97. The van der Waals surface area contributed by atoms with Gasteiger partial charge in [-0.15, -0.1) is 0 Å². The predicted molar refractivity (Wildman–Crippen MR) is 76.4 cm³/mol. The van der Waals surface area contributed by atoms with E-state index in [2.05, 4.69) is 18.7 Å². The van der Waals surface area contributed by atoms with Crippen molar-refractivity contribution in [3.8, 4) is 0 Å². The average Bonchev–Trinajstić information content (AvgIpc) is 2.84. The van der Waals surface area contributed by atoms with E-state index in [-0.39, 0.29) is 11.4 Å². The van der Waals surface area contributed by atoms with Gasteiger partial charge in [0.05, 0.1) is 12.1 Å². The molecule has 104 valence electrons. The third-order valence-electron chi connectivity index (χ3n) is 4.26. The predicted octanol–water partition coefficient (Wildman–Crippen LogP) is 2.62. The van der Waals surface area contributed by atoms with Crippen LogP contribution in [0.4, 0.5) is 0 Å². The second-order valence-corrected chi connectivity index (χ2v) is 5.67. The van der Waals surface area contributed by atoms with Crippen LogP contribution in [-0.4, -0.2) is 43.0 Å². The van der Waals surface area contributed by atoms with Crippen LogP contribution in [0.2, 0.25) is 0 Å². The minimum atomic E-state index is -0.0863. The number of ether oxygens (including phenoxy) is 1. The molecule has 1 aliphatic rings. The molecule has 1 fully saturated rings. The largest absolute Gasteiger partial charge is 0.377 e. The lowest BCUT2D eigenvalue weighted by Crippen LogP contribution is -2.41. The van der Waals surface area contributed by atoms with E-state index in [0.29, 0.717) is 12.5 Å². The van der Waals surface area contributed by atoms with Gasteiger partial charge >= 0.3 is 0 Å². The minimum Gasteiger partial charge on any atom is -0.377 e. The van der Waals surface area contributed by atoms with E-state index < -0.39 is 0 Å². The standard InChI is InChI=1S/C16H23NO2/c1-13(2)16(19-3)9-10-17(12-16)11-15(18)14-7-5-4-6-8-14/h4-8,13H,9-12H2,1-3H3. The smallest absolute Gasteiger partial charge is 0.176 e. The Bertz CT molecular complexity index is 430. The summed E-state index contributed by atoms with van der Waals surface area (Å²) in [7, 11) is 1.78. The van der Waals surface area contributed by atoms with Crippen LogP contribution in [0.15, 0.2) is 30.3 Å². The fourth-order valence-corrected chi connectivity index (χ4v) is 2.81. The molecule has 19 heavy (non-hydrogen) atoms. The SMILES string of the molecule is COC1(C(C)C)CCN(CC(=O)c2ccccc2)C1. The fourth-order valence-electron chi connectivity index (χ4n) is 2.81. The molecule has 0 aliphatic carbocycles. The van der Waals surface area contributed by atoms with Crippen molar-refractivity contribution in [3.63, 3.8) is 0 Å². The van der Waals surface area contributed by atoms with Crippen LogP contribution in [0.3, 0.4) is 0 Å². The second-order valence-electron chi connectivity index (χ2n) is 5.67. The lowest BCUT2D eigenvalue weighted by atomic mass is 9.89. The summed E-state index contributed by atoms with van der Waals surface area (Å²) in [5.74, 6) is 0.658. The zero-order chi connectivity index (χ0) is 13.9. The van der Waals surface area contributed by atoms with Crippen molar-refractivity contribution < 1.29 is 9.53 Å². The molecule has 0 aromatic heterocycles. The topological polar surface area (TPSA) is 29.5 Å². The molecule has 0 spiro atoms. The van der Waals surface area contributed by atoms with Crippen LogP contribution in [0.5, 0.6) is 0 Å². The maximum atomic E-state index is 12.2. The molecule has 1 heterocycles. The Hall–Kier alpha value is -1.19. The fraction of sp³-hybridized carbons (Fsp3) is 0.562. The maximum absolute atomic E-state index is 12.2. The van der Waals surface area contributed by atoms with Crippen LogP contribution in [-0.2, 0) is 4.74 Å². The number of methoxy groups -OCH3 is 1. The highest BCUT2D eigenvalue weighted by atomic mass is 16.5. The monoisotopic (exact) mass is 261 g/mol. The number of carbonyl (C=O) groups excluding carboxylic acids is 1. The molecule has 2 rings (SSSR count). The molecule has 0 amide bonds. The van der Waals surface area contributed by atoms with Crippen LogP contribution in [0.25, 0.3) is 0 Å². The van der Waals surface area contributed by atoms with Gasteiger partial charge in [-0.1, -0.05) is 44.2 Å². The molecule has 1 atom stereocenters. The summed E-state index contributed by atoms with van der Waals surface area (Å²) in [5, 5.41) is 0. The lowest BCUT2D eigenvalue weighted by Gasteiger charge is -2.32. The number of hydrogen-bond acceptors (Lipinski definition) is 3. The first-order chi connectivity index (χ1) is 9.07. The van der Waals surface area contributed by atoms with E-state index in [0.717, 1.165) is 25.1 Å². The van der Waals surface area contributed by atoms with Crippen molar-refractivity contribution in [2.24, 2.45) is 5.92 Å². The molecule has 3 nitrogen and oxygen atoms in total.